The molecule has 0 fully saturated rings. The van der Waals surface area contributed by atoms with Gasteiger partial charge in [-0.15, -0.1) is 10.2 Å². The largest absolute Gasteiger partial charge is 0.421 e. The van der Waals surface area contributed by atoms with Crippen molar-refractivity contribution in [2.45, 2.75) is 12.8 Å². The fraction of sp³-hybridized carbons (Fsp3) is 0.133. The van der Waals surface area contributed by atoms with Gasteiger partial charge in [0.25, 0.3) is 0 Å². The summed E-state index contributed by atoms with van der Waals surface area (Å²) < 4.78 is 18.4. The first kappa shape index (κ1) is 15.6. The number of thiophene rings is 1. The minimum absolute atomic E-state index is 0.149. The van der Waals surface area contributed by atoms with Gasteiger partial charge in [0.15, 0.2) is 0 Å². The maximum atomic E-state index is 12.9. The van der Waals surface area contributed by atoms with E-state index in [0.717, 1.165) is 11.6 Å². The molecule has 3 rings (SSSR count). The first-order valence-corrected chi connectivity index (χ1v) is 8.04. The lowest BCUT2D eigenvalue weighted by Gasteiger charge is -2.06. The first-order valence-electron chi connectivity index (χ1n) is 6.71. The molecule has 2 heterocycles. The molecule has 1 N–H and O–H groups in total. The van der Waals surface area contributed by atoms with E-state index in [1.165, 1.54) is 23.5 Å². The van der Waals surface area contributed by atoms with Crippen LogP contribution in [0.2, 0.25) is 5.02 Å². The molecule has 0 saturated carbocycles. The van der Waals surface area contributed by atoms with Crippen molar-refractivity contribution in [1.29, 1.82) is 0 Å². The quantitative estimate of drug-likeness (QED) is 0.749. The Labute approximate surface area is 140 Å². The number of carbonyl (C=O) groups excluding carboxylic acids is 1. The average molecular weight is 352 g/mol. The lowest BCUT2D eigenvalue weighted by molar-refractivity contribution is -0.116. The highest BCUT2D eigenvalue weighted by atomic mass is 35.5. The first-order chi connectivity index (χ1) is 11.1. The van der Waals surface area contributed by atoms with Crippen LogP contribution in [0.4, 0.5) is 10.1 Å². The van der Waals surface area contributed by atoms with Crippen LogP contribution in [0.3, 0.4) is 0 Å². The zero-order chi connectivity index (χ0) is 16.2. The van der Waals surface area contributed by atoms with Crippen LogP contribution in [0.15, 0.2) is 39.4 Å². The Hall–Kier alpha value is -2.25. The Bertz CT molecular complexity index is 820. The second-order valence-electron chi connectivity index (χ2n) is 4.69. The maximum Gasteiger partial charge on any atom is 0.248 e. The van der Waals surface area contributed by atoms with Crippen molar-refractivity contribution in [3.8, 4) is 11.5 Å². The van der Waals surface area contributed by atoms with E-state index in [0.29, 0.717) is 23.9 Å². The number of anilines is 1. The number of rotatable bonds is 5. The number of halogens is 2. The number of nitrogens with zero attached hydrogens (tertiary/aromatic N) is 2. The molecule has 0 unspecified atom stereocenters. The van der Waals surface area contributed by atoms with E-state index in [4.69, 9.17) is 16.0 Å². The van der Waals surface area contributed by atoms with Crippen molar-refractivity contribution < 1.29 is 13.6 Å². The third kappa shape index (κ3) is 3.94. The summed E-state index contributed by atoms with van der Waals surface area (Å²) in [6.45, 7) is 0. The molecule has 0 atom stereocenters. The number of carbonyl (C=O) groups is 1. The average Bonchev–Trinajstić information content (AvgIpc) is 3.18. The molecule has 23 heavy (non-hydrogen) atoms. The summed E-state index contributed by atoms with van der Waals surface area (Å²) in [4.78, 5) is 11.9. The van der Waals surface area contributed by atoms with E-state index in [9.17, 15) is 9.18 Å². The van der Waals surface area contributed by atoms with Gasteiger partial charge in [-0.2, -0.15) is 11.3 Å². The summed E-state index contributed by atoms with van der Waals surface area (Å²) in [5, 5.41) is 14.4. The Morgan fingerprint density at radius 3 is 2.96 bits per heavy atom. The molecule has 3 aromatic rings. The van der Waals surface area contributed by atoms with Crippen molar-refractivity contribution in [1.82, 2.24) is 10.2 Å². The zero-order valence-corrected chi connectivity index (χ0v) is 13.3. The molecule has 8 heteroatoms. The lowest BCUT2D eigenvalue weighted by atomic mass is 10.2. The van der Waals surface area contributed by atoms with Crippen molar-refractivity contribution in [3.63, 3.8) is 0 Å². The zero-order valence-electron chi connectivity index (χ0n) is 11.8. The number of aromatic nitrogens is 2. The fourth-order valence-corrected chi connectivity index (χ4v) is 2.73. The number of nitrogens with one attached hydrogen (secondary N) is 1. The van der Waals surface area contributed by atoms with Crippen LogP contribution in [0.25, 0.3) is 11.5 Å². The summed E-state index contributed by atoms with van der Waals surface area (Å²) in [7, 11) is 0. The molecule has 0 saturated heterocycles. The maximum absolute atomic E-state index is 12.9. The van der Waals surface area contributed by atoms with Gasteiger partial charge in [-0.1, -0.05) is 11.6 Å². The minimum atomic E-state index is -0.459. The standard InChI is InChI=1S/C15H11ClFN3O2S/c16-11-7-10(17)1-2-12(11)18-13(21)3-4-14-19-20-15(22-14)9-5-6-23-8-9/h1-2,5-8H,3-4H2,(H,18,21). The van der Waals surface area contributed by atoms with Crippen LogP contribution in [0.5, 0.6) is 0 Å². The number of amides is 1. The smallest absolute Gasteiger partial charge is 0.248 e. The predicted octanol–water partition coefficient (Wildman–Crippen LogP) is 4.16. The number of hydrogen-bond acceptors (Lipinski definition) is 5. The molecule has 1 aromatic carbocycles. The number of benzene rings is 1. The van der Waals surface area contributed by atoms with Crippen LogP contribution in [0, 0.1) is 5.82 Å². The monoisotopic (exact) mass is 351 g/mol. The van der Waals surface area contributed by atoms with Gasteiger partial charge in [0.2, 0.25) is 17.7 Å². The summed E-state index contributed by atoms with van der Waals surface area (Å²) in [6, 6.07) is 5.66. The highest BCUT2D eigenvalue weighted by Gasteiger charge is 2.12. The van der Waals surface area contributed by atoms with Gasteiger partial charge in [0.05, 0.1) is 10.7 Å². The molecule has 0 bridgehead atoms. The Balaban J connectivity index is 1.57. The van der Waals surface area contributed by atoms with Gasteiger partial charge < -0.3 is 9.73 Å². The topological polar surface area (TPSA) is 68.0 Å². The molecule has 0 spiro atoms. The van der Waals surface area contributed by atoms with Gasteiger partial charge in [-0.05, 0) is 29.6 Å². The lowest BCUT2D eigenvalue weighted by Crippen LogP contribution is -2.12. The van der Waals surface area contributed by atoms with E-state index in [-0.39, 0.29) is 17.4 Å². The highest BCUT2D eigenvalue weighted by Crippen LogP contribution is 2.23. The normalized spacial score (nSPS) is 10.7. The van der Waals surface area contributed by atoms with E-state index in [2.05, 4.69) is 15.5 Å². The van der Waals surface area contributed by atoms with Crippen molar-refractivity contribution >= 4 is 34.5 Å². The molecular weight excluding hydrogens is 341 g/mol. The van der Waals surface area contributed by atoms with Gasteiger partial charge >= 0.3 is 0 Å². The van der Waals surface area contributed by atoms with Gasteiger partial charge in [-0.3, -0.25) is 4.79 Å². The van der Waals surface area contributed by atoms with Crippen molar-refractivity contribution in [3.05, 3.63) is 51.8 Å². The Morgan fingerprint density at radius 2 is 2.22 bits per heavy atom. The fourth-order valence-electron chi connectivity index (χ4n) is 1.88. The second-order valence-corrected chi connectivity index (χ2v) is 5.87. The Kier molecular flexibility index (Phi) is 4.68. The van der Waals surface area contributed by atoms with Gasteiger partial charge in [0, 0.05) is 23.8 Å². The van der Waals surface area contributed by atoms with Crippen molar-refractivity contribution in [2.75, 3.05) is 5.32 Å². The van der Waals surface area contributed by atoms with Crippen LogP contribution >= 0.6 is 22.9 Å². The molecule has 0 aliphatic carbocycles. The SMILES string of the molecule is O=C(CCc1nnc(-c2ccsc2)o1)Nc1ccc(F)cc1Cl. The molecule has 0 radical (unpaired) electrons. The molecule has 0 aliphatic rings. The van der Waals surface area contributed by atoms with E-state index in [1.807, 2.05) is 16.8 Å². The predicted molar refractivity (Wildman–Crippen MR) is 86.0 cm³/mol. The van der Waals surface area contributed by atoms with Gasteiger partial charge in [0.1, 0.15) is 5.82 Å². The van der Waals surface area contributed by atoms with Gasteiger partial charge in [-0.25, -0.2) is 4.39 Å². The third-order valence-electron chi connectivity index (χ3n) is 3.01. The summed E-state index contributed by atoms with van der Waals surface area (Å²) in [6.07, 6.45) is 0.459. The van der Waals surface area contributed by atoms with Crippen LogP contribution in [0.1, 0.15) is 12.3 Å². The minimum Gasteiger partial charge on any atom is -0.421 e. The van der Waals surface area contributed by atoms with Crippen LogP contribution in [-0.2, 0) is 11.2 Å². The summed E-state index contributed by atoms with van der Waals surface area (Å²) in [5.41, 5.74) is 1.22. The molecule has 2 aromatic heterocycles. The van der Waals surface area contributed by atoms with E-state index in [1.54, 1.807) is 0 Å². The number of hydrogen-bond donors (Lipinski definition) is 1. The molecule has 0 aliphatic heterocycles. The van der Waals surface area contributed by atoms with Crippen LogP contribution < -0.4 is 5.32 Å². The van der Waals surface area contributed by atoms with Crippen molar-refractivity contribution in [2.24, 2.45) is 0 Å². The number of aryl methyl sites for hydroxylation is 1. The summed E-state index contributed by atoms with van der Waals surface area (Å²) in [5.74, 6) is 0.0865. The second kappa shape index (κ2) is 6.89. The summed E-state index contributed by atoms with van der Waals surface area (Å²) >= 11 is 7.39. The molecule has 118 valence electrons. The Morgan fingerprint density at radius 1 is 1.35 bits per heavy atom. The van der Waals surface area contributed by atoms with E-state index >= 15 is 0 Å². The molecule has 5 nitrogen and oxygen atoms in total. The van der Waals surface area contributed by atoms with E-state index < -0.39 is 5.82 Å². The highest BCUT2D eigenvalue weighted by molar-refractivity contribution is 7.08. The third-order valence-corrected chi connectivity index (χ3v) is 4.00. The van der Waals surface area contributed by atoms with Crippen LogP contribution in [-0.4, -0.2) is 16.1 Å². The molecule has 1 amide bonds. The molecular formula is C15H11ClFN3O2S.